The second kappa shape index (κ2) is 11.6. The maximum absolute atomic E-state index is 12.5. The van der Waals surface area contributed by atoms with Crippen LogP contribution < -0.4 is 0 Å². The molecule has 1 atom stereocenters. The van der Waals surface area contributed by atoms with E-state index in [4.69, 9.17) is 0 Å². The van der Waals surface area contributed by atoms with Crippen LogP contribution in [0.5, 0.6) is 0 Å². The number of halogens is 2. The van der Waals surface area contributed by atoms with Gasteiger partial charge in [-0.25, -0.2) is 13.6 Å². The topological polar surface area (TPSA) is 46.5 Å². The number of carbonyl (C=O) groups excluding carboxylic acids is 1. The van der Waals surface area contributed by atoms with Crippen LogP contribution in [0, 0.1) is 5.82 Å². The van der Waals surface area contributed by atoms with Crippen LogP contribution in [0.1, 0.15) is 5.56 Å². The number of thioether (sulfide) groups is 1. The molecule has 0 saturated heterocycles. The lowest BCUT2D eigenvalue weighted by molar-refractivity contribution is -0.150. The number of rotatable bonds is 6. The molecule has 0 aromatic heterocycles. The smallest absolute Gasteiger partial charge is 0.335 e. The molecule has 1 aromatic carbocycles. The molecule has 0 aliphatic carbocycles. The third kappa shape index (κ3) is 10.4. The number of aliphatic hydroxyl groups excluding tert-OH is 1. The van der Waals surface area contributed by atoms with Crippen molar-refractivity contribution in [3.05, 3.63) is 71.7 Å². The Balaban J connectivity index is 0.000000468. The first-order valence-electron chi connectivity index (χ1n) is 6.55. The number of ether oxygens (including phenoxy) is 1. The minimum Gasteiger partial charge on any atom is -0.467 e. The third-order valence-corrected chi connectivity index (χ3v) is 3.19. The van der Waals surface area contributed by atoms with Gasteiger partial charge >= 0.3 is 5.97 Å². The molecule has 0 heterocycles. The van der Waals surface area contributed by atoms with Crippen molar-refractivity contribution >= 4 is 17.7 Å². The van der Waals surface area contributed by atoms with E-state index in [0.717, 1.165) is 4.91 Å². The van der Waals surface area contributed by atoms with Crippen molar-refractivity contribution in [3.8, 4) is 0 Å². The fourth-order valence-corrected chi connectivity index (χ4v) is 1.52. The van der Waals surface area contributed by atoms with Crippen molar-refractivity contribution in [2.75, 3.05) is 13.4 Å². The Morgan fingerprint density at radius 1 is 1.35 bits per heavy atom. The van der Waals surface area contributed by atoms with Gasteiger partial charge in [0, 0.05) is 6.42 Å². The van der Waals surface area contributed by atoms with Crippen molar-refractivity contribution in [2.45, 2.75) is 12.5 Å². The molecule has 126 valence electrons. The number of methoxy groups -OCH3 is 1. The average molecular weight is 342 g/mol. The molecule has 0 spiro atoms. The fourth-order valence-electron chi connectivity index (χ4n) is 1.31. The van der Waals surface area contributed by atoms with Crippen molar-refractivity contribution in [3.63, 3.8) is 0 Å². The largest absolute Gasteiger partial charge is 0.467 e. The van der Waals surface area contributed by atoms with Gasteiger partial charge in [-0.2, -0.15) is 0 Å². The van der Waals surface area contributed by atoms with E-state index in [1.165, 1.54) is 49.2 Å². The highest BCUT2D eigenvalue weighted by Gasteiger charge is 2.15. The second-order valence-corrected chi connectivity index (χ2v) is 5.25. The average Bonchev–Trinajstić information content (AvgIpc) is 2.54. The van der Waals surface area contributed by atoms with Gasteiger partial charge in [-0.15, -0.1) is 11.8 Å². The predicted molar refractivity (Wildman–Crippen MR) is 90.2 cm³/mol. The molecule has 0 aliphatic rings. The molecule has 0 aliphatic heterocycles. The van der Waals surface area contributed by atoms with Crippen LogP contribution in [0.15, 0.2) is 60.3 Å². The standard InChI is InChI=1S/C10H11FO3.C7H9FS/c1-14-10(13)9(12)6-7-2-4-8(11)5-3-7;1-6(8)4-5-7(2)9-3/h2-5,9,12H,6H2,1H3;4-5H,1-2H2,3H3/b;5-4-. The van der Waals surface area contributed by atoms with E-state index in [2.05, 4.69) is 17.9 Å². The molecule has 1 N–H and O–H groups in total. The third-order valence-electron chi connectivity index (χ3n) is 2.53. The van der Waals surface area contributed by atoms with E-state index in [1.807, 2.05) is 6.26 Å². The van der Waals surface area contributed by atoms with E-state index >= 15 is 0 Å². The Bertz CT molecular complexity index is 553. The van der Waals surface area contributed by atoms with Crippen LogP contribution in [0.4, 0.5) is 8.78 Å². The number of hydrogen-bond donors (Lipinski definition) is 1. The van der Waals surface area contributed by atoms with Crippen molar-refractivity contribution in [2.24, 2.45) is 0 Å². The Morgan fingerprint density at radius 3 is 2.35 bits per heavy atom. The van der Waals surface area contributed by atoms with Gasteiger partial charge in [0.2, 0.25) is 0 Å². The summed E-state index contributed by atoms with van der Waals surface area (Å²) in [6.45, 7) is 6.67. The summed E-state index contributed by atoms with van der Waals surface area (Å²) < 4.78 is 28.7. The maximum Gasteiger partial charge on any atom is 0.335 e. The molecule has 0 fully saturated rings. The van der Waals surface area contributed by atoms with Crippen molar-refractivity contribution < 1.29 is 23.4 Å². The SMILES string of the molecule is C=C(F)/C=C\C(=C)SC.COC(=O)C(O)Cc1ccc(F)cc1. The Hall–Kier alpha value is -1.92. The molecule has 23 heavy (non-hydrogen) atoms. The minimum atomic E-state index is -1.19. The summed E-state index contributed by atoms with van der Waals surface area (Å²) in [5.74, 6) is -1.47. The van der Waals surface area contributed by atoms with Crippen LogP contribution in [-0.4, -0.2) is 30.5 Å². The first-order chi connectivity index (χ1) is 10.8. The molecule has 3 nitrogen and oxygen atoms in total. The van der Waals surface area contributed by atoms with E-state index in [0.29, 0.717) is 5.56 Å². The summed E-state index contributed by atoms with van der Waals surface area (Å²) in [5, 5.41) is 9.27. The Morgan fingerprint density at radius 2 is 1.91 bits per heavy atom. The lowest BCUT2D eigenvalue weighted by Gasteiger charge is -2.07. The summed E-state index contributed by atoms with van der Waals surface area (Å²) in [6.07, 6.45) is 3.71. The van der Waals surface area contributed by atoms with E-state index in [9.17, 15) is 18.7 Å². The van der Waals surface area contributed by atoms with Crippen LogP contribution >= 0.6 is 11.8 Å². The molecule has 6 heteroatoms. The highest BCUT2D eigenvalue weighted by Crippen LogP contribution is 2.10. The number of hydrogen-bond acceptors (Lipinski definition) is 4. The normalized spacial score (nSPS) is 11.3. The maximum atomic E-state index is 12.5. The van der Waals surface area contributed by atoms with E-state index < -0.39 is 17.9 Å². The molecule has 0 radical (unpaired) electrons. The molecule has 1 rings (SSSR count). The van der Waals surface area contributed by atoms with Crippen molar-refractivity contribution in [1.29, 1.82) is 0 Å². The van der Waals surface area contributed by atoms with E-state index in [1.54, 1.807) is 6.08 Å². The van der Waals surface area contributed by atoms with E-state index in [-0.39, 0.29) is 12.2 Å². The van der Waals surface area contributed by atoms with Gasteiger partial charge in [0.25, 0.3) is 0 Å². The highest BCUT2D eigenvalue weighted by atomic mass is 32.2. The van der Waals surface area contributed by atoms with Gasteiger partial charge in [-0.1, -0.05) is 25.3 Å². The highest BCUT2D eigenvalue weighted by molar-refractivity contribution is 8.02. The molecule has 0 bridgehead atoms. The Labute approximate surface area is 139 Å². The van der Waals surface area contributed by atoms with Gasteiger partial charge in [-0.3, -0.25) is 0 Å². The van der Waals surface area contributed by atoms with Crippen LogP contribution in [0.2, 0.25) is 0 Å². The van der Waals surface area contributed by atoms with Crippen LogP contribution in [-0.2, 0) is 16.0 Å². The first-order valence-corrected chi connectivity index (χ1v) is 7.78. The molecular formula is C17H20F2O3S. The monoisotopic (exact) mass is 342 g/mol. The molecule has 1 unspecified atom stereocenters. The van der Waals surface area contributed by atoms with Gasteiger partial charge in [0.05, 0.1) is 7.11 Å². The molecule has 0 saturated carbocycles. The first kappa shape index (κ1) is 21.1. The summed E-state index contributed by atoms with van der Waals surface area (Å²) >= 11 is 1.48. The number of aliphatic hydroxyl groups is 1. The zero-order valence-corrected chi connectivity index (χ0v) is 13.9. The molecule has 0 amide bonds. The summed E-state index contributed by atoms with van der Waals surface area (Å²) in [6, 6.07) is 5.58. The predicted octanol–water partition coefficient (Wildman–Crippen LogP) is 3.80. The number of allylic oxidation sites excluding steroid dienone is 3. The number of carbonyl (C=O) groups is 1. The summed E-state index contributed by atoms with van der Waals surface area (Å²) in [7, 11) is 1.20. The van der Waals surface area contributed by atoms with Gasteiger partial charge in [0.15, 0.2) is 6.10 Å². The van der Waals surface area contributed by atoms with Crippen molar-refractivity contribution in [1.82, 2.24) is 0 Å². The summed E-state index contributed by atoms with van der Waals surface area (Å²) in [5.41, 5.74) is 0.685. The molecular weight excluding hydrogens is 322 g/mol. The Kier molecular flexibility index (Phi) is 10.7. The lowest BCUT2D eigenvalue weighted by atomic mass is 10.1. The summed E-state index contributed by atoms with van der Waals surface area (Å²) in [4.78, 5) is 11.7. The van der Waals surface area contributed by atoms with Crippen LogP contribution in [0.3, 0.4) is 0 Å². The number of benzene rings is 1. The van der Waals surface area contributed by atoms with Gasteiger partial charge in [-0.05, 0) is 41.0 Å². The zero-order valence-electron chi connectivity index (χ0n) is 13.1. The quantitative estimate of drug-likeness (QED) is 0.631. The van der Waals surface area contributed by atoms with Gasteiger partial charge in [0.1, 0.15) is 11.6 Å². The fraction of sp³-hybridized carbons (Fsp3) is 0.235. The second-order valence-electron chi connectivity index (χ2n) is 4.32. The van der Waals surface area contributed by atoms with Gasteiger partial charge < -0.3 is 9.84 Å². The molecule has 1 aromatic rings. The van der Waals surface area contributed by atoms with Crippen LogP contribution in [0.25, 0.3) is 0 Å². The number of esters is 1. The minimum absolute atomic E-state index is 0.132. The lowest BCUT2D eigenvalue weighted by Crippen LogP contribution is -2.24. The zero-order chi connectivity index (χ0) is 17.8.